The zero-order chi connectivity index (χ0) is 6.91. The first-order valence-corrected chi connectivity index (χ1v) is 3.10. The van der Waals surface area contributed by atoms with E-state index in [-0.39, 0.29) is 5.75 Å². The molecule has 0 aromatic heterocycles. The topological polar surface area (TPSA) is 12.4 Å². The third kappa shape index (κ3) is 1.61. The summed E-state index contributed by atoms with van der Waals surface area (Å²) in [5.41, 5.74) is -0.743. The smallest absolute Gasteiger partial charge is 0.259 e. The van der Waals surface area contributed by atoms with E-state index in [1.165, 1.54) is 0 Å². The summed E-state index contributed by atoms with van der Waals surface area (Å²) in [6.07, 6.45) is -4.25. The lowest BCUT2D eigenvalue weighted by molar-refractivity contribution is -0.0587. The molecule has 0 saturated heterocycles. The van der Waals surface area contributed by atoms with Crippen molar-refractivity contribution in [3.8, 4) is 0 Å². The van der Waals surface area contributed by atoms with Gasteiger partial charge in [-0.1, -0.05) is 0 Å². The van der Waals surface area contributed by atoms with E-state index in [9.17, 15) is 13.2 Å². The Labute approximate surface area is 54.3 Å². The summed E-state index contributed by atoms with van der Waals surface area (Å²) in [6.45, 7) is 0. The molecule has 0 unspecified atom stereocenters. The maximum atomic E-state index is 11.6. The van der Waals surface area contributed by atoms with Crippen molar-refractivity contribution in [2.75, 3.05) is 5.75 Å². The van der Waals surface area contributed by atoms with Crippen LogP contribution in [0.4, 0.5) is 13.2 Å². The molecule has 0 N–H and O–H groups in total. The summed E-state index contributed by atoms with van der Waals surface area (Å²) >= 11 is 0.935. The Balaban J connectivity index is 2.61. The van der Waals surface area contributed by atoms with Crippen LogP contribution < -0.4 is 0 Å². The van der Waals surface area contributed by atoms with Gasteiger partial charge >= 0.3 is 6.18 Å². The Morgan fingerprint density at radius 3 is 2.44 bits per heavy atom. The fourth-order valence-corrected chi connectivity index (χ4v) is 0.970. The number of hydrogen-bond donors (Lipinski definition) is 0. The second-order valence-electron chi connectivity index (χ2n) is 1.44. The van der Waals surface area contributed by atoms with Gasteiger partial charge < -0.3 is 0 Å². The summed E-state index contributed by atoms with van der Waals surface area (Å²) in [7, 11) is 0. The predicted molar refractivity (Wildman–Crippen MR) is 29.2 cm³/mol. The normalized spacial score (nSPS) is 20.1. The van der Waals surface area contributed by atoms with Crippen LogP contribution in [0, 0.1) is 5.88 Å². The van der Waals surface area contributed by atoms with Crippen LogP contribution in [-0.4, -0.2) is 17.6 Å². The Hall–Kier alpha value is -0.190. The molecular formula is C4H2F3NS. The molecule has 50 valence electrons. The highest BCUT2D eigenvalue weighted by Gasteiger charge is 2.37. The van der Waals surface area contributed by atoms with Crippen LogP contribution >= 0.6 is 11.8 Å². The standard InChI is InChI=1S/C4H2F3NS/c5-4(6,7)3-1-9-2-8-3/h1H2. The molecule has 1 aliphatic heterocycles. The first-order chi connectivity index (χ1) is 4.11. The van der Waals surface area contributed by atoms with E-state index in [4.69, 9.17) is 0 Å². The number of hydrogen-bond acceptors (Lipinski definition) is 2. The van der Waals surface area contributed by atoms with E-state index in [1.807, 2.05) is 0 Å². The van der Waals surface area contributed by atoms with Gasteiger partial charge in [0, 0.05) is 5.75 Å². The van der Waals surface area contributed by atoms with Gasteiger partial charge in [0.1, 0.15) is 5.71 Å². The number of thioether (sulfide) groups is 1. The molecule has 1 aliphatic rings. The fraction of sp³-hybridized carbons (Fsp3) is 0.500. The van der Waals surface area contributed by atoms with E-state index in [1.54, 1.807) is 0 Å². The number of rotatable bonds is 0. The molecule has 0 saturated carbocycles. The second-order valence-corrected chi connectivity index (χ2v) is 2.20. The second kappa shape index (κ2) is 2.21. The van der Waals surface area contributed by atoms with Gasteiger partial charge in [-0.05, 0) is 0 Å². The first-order valence-electron chi connectivity index (χ1n) is 2.11. The van der Waals surface area contributed by atoms with Crippen LogP contribution in [0.1, 0.15) is 0 Å². The maximum absolute atomic E-state index is 11.6. The van der Waals surface area contributed by atoms with Gasteiger partial charge in [-0.2, -0.15) is 13.2 Å². The maximum Gasteiger partial charge on any atom is 0.429 e. The Kier molecular flexibility index (Phi) is 1.70. The molecule has 0 aromatic carbocycles. The van der Waals surface area contributed by atoms with Crippen LogP contribution in [0.3, 0.4) is 0 Å². The lowest BCUT2D eigenvalue weighted by atomic mass is 10.4. The van der Waals surface area contributed by atoms with Crippen LogP contribution in [0.5, 0.6) is 0 Å². The van der Waals surface area contributed by atoms with E-state index >= 15 is 0 Å². The minimum atomic E-state index is -4.25. The molecule has 2 radical (unpaired) electrons. The van der Waals surface area contributed by atoms with E-state index in [2.05, 4.69) is 10.9 Å². The molecule has 0 atom stereocenters. The molecule has 0 aromatic rings. The van der Waals surface area contributed by atoms with Gasteiger partial charge in [0.05, 0.1) is 0 Å². The molecular weight excluding hydrogens is 151 g/mol. The van der Waals surface area contributed by atoms with Crippen LogP contribution in [0.2, 0.25) is 0 Å². The molecule has 0 bridgehead atoms. The minimum Gasteiger partial charge on any atom is -0.259 e. The number of aliphatic imine (C=N–C) groups is 1. The Bertz CT molecular complexity index is 139. The highest BCUT2D eigenvalue weighted by atomic mass is 32.2. The first kappa shape index (κ1) is 6.92. The van der Waals surface area contributed by atoms with Crippen molar-refractivity contribution in [2.45, 2.75) is 6.18 Å². The van der Waals surface area contributed by atoms with Gasteiger partial charge in [-0.25, -0.2) is 0 Å². The Morgan fingerprint density at radius 1 is 1.56 bits per heavy atom. The molecule has 0 spiro atoms. The van der Waals surface area contributed by atoms with Crippen molar-refractivity contribution in [1.82, 2.24) is 0 Å². The van der Waals surface area contributed by atoms with Gasteiger partial charge in [0.2, 0.25) is 0 Å². The van der Waals surface area contributed by atoms with Gasteiger partial charge in [0.15, 0.2) is 5.88 Å². The Morgan fingerprint density at radius 2 is 2.22 bits per heavy atom. The van der Waals surface area contributed by atoms with Crippen LogP contribution in [0.25, 0.3) is 0 Å². The molecule has 1 heterocycles. The monoisotopic (exact) mass is 153 g/mol. The van der Waals surface area contributed by atoms with E-state index < -0.39 is 11.9 Å². The lowest BCUT2D eigenvalue weighted by Gasteiger charge is -2.02. The highest BCUT2D eigenvalue weighted by molar-refractivity contribution is 8.02. The van der Waals surface area contributed by atoms with Crippen molar-refractivity contribution in [3.63, 3.8) is 0 Å². The summed E-state index contributed by atoms with van der Waals surface area (Å²) in [6, 6.07) is 0. The molecule has 5 heteroatoms. The van der Waals surface area contributed by atoms with Crippen LogP contribution in [-0.2, 0) is 0 Å². The fourth-order valence-electron chi connectivity index (χ4n) is 0.365. The minimum absolute atomic E-state index is 0.0938. The predicted octanol–water partition coefficient (Wildman–Crippen LogP) is 1.73. The molecule has 1 rings (SSSR count). The van der Waals surface area contributed by atoms with Crippen molar-refractivity contribution >= 4 is 17.5 Å². The largest absolute Gasteiger partial charge is 0.429 e. The summed E-state index contributed by atoms with van der Waals surface area (Å²) < 4.78 is 34.7. The van der Waals surface area contributed by atoms with Crippen molar-refractivity contribution < 1.29 is 13.2 Å². The number of nitrogens with zero attached hydrogens (tertiary/aromatic N) is 1. The van der Waals surface area contributed by atoms with E-state index in [0.29, 0.717) is 0 Å². The summed E-state index contributed by atoms with van der Waals surface area (Å²) in [4.78, 5) is 3.01. The number of halogens is 3. The SMILES string of the molecule is FC(F)(F)C1=N[C]SC1. The molecule has 1 nitrogen and oxygen atoms in total. The van der Waals surface area contributed by atoms with Gasteiger partial charge in [-0.3, -0.25) is 4.99 Å². The zero-order valence-corrected chi connectivity index (χ0v) is 5.01. The highest BCUT2D eigenvalue weighted by Crippen LogP contribution is 2.26. The van der Waals surface area contributed by atoms with Gasteiger partial charge in [-0.15, -0.1) is 11.8 Å². The molecule has 9 heavy (non-hydrogen) atoms. The summed E-state index contributed by atoms with van der Waals surface area (Å²) in [5, 5.41) is 0. The third-order valence-corrected chi connectivity index (χ3v) is 1.42. The molecule has 0 amide bonds. The zero-order valence-electron chi connectivity index (χ0n) is 4.20. The van der Waals surface area contributed by atoms with Crippen molar-refractivity contribution in [3.05, 3.63) is 5.88 Å². The average Bonchev–Trinajstić information content (AvgIpc) is 2.08. The number of alkyl halides is 3. The average molecular weight is 153 g/mol. The van der Waals surface area contributed by atoms with Gasteiger partial charge in [0.25, 0.3) is 0 Å². The summed E-state index contributed by atoms with van der Waals surface area (Å²) in [5.74, 6) is 2.07. The van der Waals surface area contributed by atoms with Crippen molar-refractivity contribution in [1.29, 1.82) is 0 Å². The van der Waals surface area contributed by atoms with E-state index in [0.717, 1.165) is 11.8 Å². The lowest BCUT2D eigenvalue weighted by Crippen LogP contribution is -2.22. The van der Waals surface area contributed by atoms with Crippen molar-refractivity contribution in [2.24, 2.45) is 4.99 Å². The molecule has 0 fully saturated rings. The van der Waals surface area contributed by atoms with Crippen LogP contribution in [0.15, 0.2) is 4.99 Å². The molecule has 0 aliphatic carbocycles. The third-order valence-electron chi connectivity index (χ3n) is 0.781. The quantitative estimate of drug-likeness (QED) is 0.516.